The number of carbonyl (C=O) groups excluding carboxylic acids is 2. The van der Waals surface area contributed by atoms with E-state index >= 15 is 0 Å². The monoisotopic (exact) mass is 428 g/mol. The molecule has 9 nitrogen and oxygen atoms in total. The second kappa shape index (κ2) is 10.6. The lowest BCUT2D eigenvalue weighted by Gasteiger charge is -2.16. The first-order chi connectivity index (χ1) is 15.0. The molecule has 0 bridgehead atoms. The molecule has 3 N–H and O–H groups in total. The van der Waals surface area contributed by atoms with Gasteiger partial charge in [0.25, 0.3) is 5.91 Å². The van der Waals surface area contributed by atoms with Gasteiger partial charge in [0, 0.05) is 26.0 Å². The fourth-order valence-corrected chi connectivity index (χ4v) is 3.55. The third kappa shape index (κ3) is 5.59. The van der Waals surface area contributed by atoms with Gasteiger partial charge in [0.2, 0.25) is 0 Å². The summed E-state index contributed by atoms with van der Waals surface area (Å²) in [6.07, 6.45) is -1.36. The highest BCUT2D eigenvalue weighted by Crippen LogP contribution is 2.44. The molecule has 31 heavy (non-hydrogen) atoms. The minimum atomic E-state index is -1.22. The van der Waals surface area contributed by atoms with Gasteiger partial charge in [-0.05, 0) is 22.3 Å². The van der Waals surface area contributed by atoms with Crippen molar-refractivity contribution >= 4 is 18.0 Å². The van der Waals surface area contributed by atoms with Gasteiger partial charge < -0.3 is 19.9 Å². The molecule has 1 unspecified atom stereocenters. The number of aliphatic carboxylic acids is 1. The van der Waals surface area contributed by atoms with Gasteiger partial charge in [-0.1, -0.05) is 48.5 Å². The smallest absolute Gasteiger partial charge is 0.407 e. The van der Waals surface area contributed by atoms with Crippen LogP contribution in [0.25, 0.3) is 11.1 Å². The molecule has 2 amide bonds. The number of methoxy groups -OCH3 is 1. The van der Waals surface area contributed by atoms with Crippen molar-refractivity contribution in [2.75, 3.05) is 26.9 Å². The molecule has 1 atom stereocenters. The van der Waals surface area contributed by atoms with E-state index in [2.05, 4.69) is 22.3 Å². The summed E-state index contributed by atoms with van der Waals surface area (Å²) in [6, 6.07) is 16.1. The number of hydrogen-bond acceptors (Lipinski definition) is 6. The minimum absolute atomic E-state index is 0.0398. The van der Waals surface area contributed by atoms with Gasteiger partial charge in [0.15, 0.2) is 6.61 Å². The van der Waals surface area contributed by atoms with E-state index in [9.17, 15) is 14.4 Å². The first kappa shape index (κ1) is 22.3. The Morgan fingerprint density at radius 3 is 2.23 bits per heavy atom. The maximum atomic E-state index is 12.1. The predicted molar refractivity (Wildman–Crippen MR) is 110 cm³/mol. The molecule has 0 spiro atoms. The van der Waals surface area contributed by atoms with E-state index in [1.54, 1.807) is 0 Å². The average Bonchev–Trinajstić information content (AvgIpc) is 3.09. The molecule has 0 radical (unpaired) electrons. The van der Waals surface area contributed by atoms with Crippen LogP contribution in [0, 0.1) is 0 Å². The molecule has 0 fully saturated rings. The Morgan fingerprint density at radius 2 is 1.65 bits per heavy atom. The third-order valence-electron chi connectivity index (χ3n) is 4.96. The summed E-state index contributed by atoms with van der Waals surface area (Å²) < 4.78 is 10.5. The highest BCUT2D eigenvalue weighted by Gasteiger charge is 2.29. The van der Waals surface area contributed by atoms with Crippen LogP contribution in [-0.4, -0.2) is 56.0 Å². The van der Waals surface area contributed by atoms with Crippen LogP contribution in [0.5, 0.6) is 0 Å². The maximum Gasteiger partial charge on any atom is 0.407 e. The fourth-order valence-electron chi connectivity index (χ4n) is 3.55. The Bertz CT molecular complexity index is 901. The number of carboxylic acids is 1. The Morgan fingerprint density at radius 1 is 1.03 bits per heavy atom. The second-order valence-electron chi connectivity index (χ2n) is 6.91. The van der Waals surface area contributed by atoms with Gasteiger partial charge in [-0.15, -0.1) is 0 Å². The van der Waals surface area contributed by atoms with Crippen LogP contribution in [0.3, 0.4) is 0 Å². The lowest BCUT2D eigenvalue weighted by molar-refractivity contribution is -0.153. The first-order valence-corrected chi connectivity index (χ1v) is 9.76. The number of rotatable bonds is 10. The number of amides is 2. The van der Waals surface area contributed by atoms with Crippen LogP contribution in [-0.2, 0) is 23.9 Å². The Balaban J connectivity index is 1.46. The van der Waals surface area contributed by atoms with E-state index in [4.69, 9.17) is 14.6 Å². The van der Waals surface area contributed by atoms with Crippen LogP contribution in [0.1, 0.15) is 23.5 Å². The largest absolute Gasteiger partial charge is 0.479 e. The highest BCUT2D eigenvalue weighted by molar-refractivity contribution is 5.80. The molecule has 9 heteroatoms. The lowest BCUT2D eigenvalue weighted by atomic mass is 9.98. The summed E-state index contributed by atoms with van der Waals surface area (Å²) in [7, 11) is 1.33. The van der Waals surface area contributed by atoms with Gasteiger partial charge >= 0.3 is 12.1 Å². The summed E-state index contributed by atoms with van der Waals surface area (Å²) in [5, 5.41) is 11.1. The van der Waals surface area contributed by atoms with Gasteiger partial charge in [-0.2, -0.15) is 0 Å². The molecule has 2 aromatic rings. The predicted octanol–water partition coefficient (Wildman–Crippen LogP) is 2.06. The second-order valence-corrected chi connectivity index (χ2v) is 6.91. The molecule has 0 aromatic heterocycles. The molecule has 164 valence electrons. The molecule has 1 aliphatic carbocycles. The van der Waals surface area contributed by atoms with Crippen molar-refractivity contribution in [2.45, 2.75) is 18.4 Å². The van der Waals surface area contributed by atoms with Gasteiger partial charge in [-0.3, -0.25) is 9.63 Å². The number of fused-ring (bicyclic) bond motifs is 3. The third-order valence-corrected chi connectivity index (χ3v) is 4.96. The summed E-state index contributed by atoms with van der Waals surface area (Å²) in [5.41, 5.74) is 6.52. The van der Waals surface area contributed by atoms with E-state index in [0.29, 0.717) is 0 Å². The lowest BCUT2D eigenvalue weighted by Crippen LogP contribution is -2.39. The highest BCUT2D eigenvalue weighted by atomic mass is 16.7. The van der Waals surface area contributed by atoms with Crippen molar-refractivity contribution in [3.05, 3.63) is 59.7 Å². The average molecular weight is 428 g/mol. The van der Waals surface area contributed by atoms with Gasteiger partial charge in [-0.25, -0.2) is 15.1 Å². The molecular formula is C22H24N2O7. The van der Waals surface area contributed by atoms with E-state index in [-0.39, 0.29) is 25.5 Å². The number of hydroxylamine groups is 1. The zero-order valence-electron chi connectivity index (χ0n) is 17.0. The van der Waals surface area contributed by atoms with E-state index in [1.165, 1.54) is 7.11 Å². The fraction of sp³-hybridized carbons (Fsp3) is 0.318. The molecule has 0 saturated heterocycles. The molecule has 1 aliphatic rings. The number of carboxylic acid groups (broad SMARTS) is 1. The van der Waals surface area contributed by atoms with E-state index in [1.807, 2.05) is 41.9 Å². The van der Waals surface area contributed by atoms with Crippen LogP contribution in [0.2, 0.25) is 0 Å². The van der Waals surface area contributed by atoms with Gasteiger partial charge in [0.05, 0.1) is 0 Å². The Labute approximate surface area is 179 Å². The topological polar surface area (TPSA) is 123 Å². The van der Waals surface area contributed by atoms with Crippen molar-refractivity contribution in [3.8, 4) is 11.1 Å². The van der Waals surface area contributed by atoms with E-state index in [0.717, 1.165) is 22.3 Å². The van der Waals surface area contributed by atoms with Crippen LogP contribution in [0.4, 0.5) is 4.79 Å². The molecule has 0 saturated carbocycles. The van der Waals surface area contributed by atoms with Crippen molar-refractivity contribution in [2.24, 2.45) is 0 Å². The minimum Gasteiger partial charge on any atom is -0.479 e. The van der Waals surface area contributed by atoms with Crippen LogP contribution < -0.4 is 10.8 Å². The summed E-state index contributed by atoms with van der Waals surface area (Å²) >= 11 is 0. The normalized spacial score (nSPS) is 13.1. The number of nitrogens with one attached hydrogen (secondary N) is 2. The van der Waals surface area contributed by atoms with Gasteiger partial charge in [0.1, 0.15) is 12.7 Å². The van der Waals surface area contributed by atoms with Crippen LogP contribution >= 0.6 is 0 Å². The zero-order valence-corrected chi connectivity index (χ0v) is 17.0. The SMILES string of the molecule is COC(CCNC(=O)OCC1c2ccccc2-c2ccccc21)C(=O)NOCC(=O)O. The Hall–Kier alpha value is -3.43. The van der Waals surface area contributed by atoms with Crippen LogP contribution in [0.15, 0.2) is 48.5 Å². The molecule has 0 aliphatic heterocycles. The van der Waals surface area contributed by atoms with Crippen molar-refractivity contribution in [1.29, 1.82) is 0 Å². The standard InChI is InChI=1S/C22H24N2O7/c1-29-19(21(27)24-31-13-20(25)26)10-11-23-22(28)30-12-18-16-8-4-2-6-14(16)15-7-3-5-9-17(15)18/h2-9,18-19H,10-13H2,1H3,(H,23,28)(H,24,27)(H,25,26). The Kier molecular flexibility index (Phi) is 7.58. The molecule has 0 heterocycles. The number of hydrogen-bond donors (Lipinski definition) is 3. The number of carbonyl (C=O) groups is 3. The number of ether oxygens (including phenoxy) is 2. The van der Waals surface area contributed by atoms with Crippen molar-refractivity contribution < 1.29 is 33.8 Å². The van der Waals surface area contributed by atoms with Crippen molar-refractivity contribution in [3.63, 3.8) is 0 Å². The molecular weight excluding hydrogens is 404 g/mol. The zero-order chi connectivity index (χ0) is 22.2. The number of benzene rings is 2. The summed E-state index contributed by atoms with van der Waals surface area (Å²) in [5.74, 6) is -1.90. The summed E-state index contributed by atoms with van der Waals surface area (Å²) in [4.78, 5) is 38.9. The molecule has 2 aromatic carbocycles. The van der Waals surface area contributed by atoms with E-state index < -0.39 is 30.7 Å². The quantitative estimate of drug-likeness (QED) is 0.495. The van der Waals surface area contributed by atoms with Crippen molar-refractivity contribution in [1.82, 2.24) is 10.8 Å². The first-order valence-electron chi connectivity index (χ1n) is 9.76. The summed E-state index contributed by atoms with van der Waals surface area (Å²) in [6.45, 7) is -0.348. The molecule has 3 rings (SSSR count). The number of alkyl carbamates (subject to hydrolysis) is 1. The maximum absolute atomic E-state index is 12.1.